The summed E-state index contributed by atoms with van der Waals surface area (Å²) in [6.45, 7) is 2.41. The fourth-order valence-corrected chi connectivity index (χ4v) is 2.25. The smallest absolute Gasteiger partial charge is 0.317 e. The fraction of sp³-hybridized carbons (Fsp3) is 0.429. The molecule has 114 valence electrons. The molecule has 0 aliphatic rings. The van der Waals surface area contributed by atoms with Gasteiger partial charge in [0.25, 0.3) is 0 Å². The predicted octanol–water partition coefficient (Wildman–Crippen LogP) is 2.47. The third-order valence-corrected chi connectivity index (χ3v) is 3.28. The van der Waals surface area contributed by atoms with E-state index in [1.54, 1.807) is 31.2 Å². The number of rotatable bonds is 7. The highest BCUT2D eigenvalue weighted by atomic mass is 35.5. The van der Waals surface area contributed by atoms with E-state index in [0.717, 1.165) is 0 Å². The molecule has 0 fully saturated rings. The number of carbonyl (C=O) groups excluding carboxylic acids is 2. The SMILES string of the molecule is CCOC(=O)C(C(C)=O)C(C[N+](=O)[O-])c1ccc(Cl)cc1. The number of benzene rings is 1. The summed E-state index contributed by atoms with van der Waals surface area (Å²) in [7, 11) is 0. The van der Waals surface area contributed by atoms with Gasteiger partial charge in [0.1, 0.15) is 11.7 Å². The van der Waals surface area contributed by atoms with Gasteiger partial charge in [-0.15, -0.1) is 0 Å². The molecule has 0 saturated carbocycles. The molecule has 0 amide bonds. The molecule has 0 aliphatic heterocycles. The minimum atomic E-state index is -1.20. The lowest BCUT2D eigenvalue weighted by Crippen LogP contribution is -2.34. The first kappa shape index (κ1) is 17.1. The standard InChI is InChI=1S/C14H16ClNO5/c1-3-21-14(18)13(9(2)17)12(8-16(19)20)10-4-6-11(15)7-5-10/h4-7,12-13H,3,8H2,1-2H3. The Balaban J connectivity index is 3.19. The molecule has 0 spiro atoms. The maximum Gasteiger partial charge on any atom is 0.317 e. The molecule has 0 saturated heterocycles. The Morgan fingerprint density at radius 2 is 1.90 bits per heavy atom. The molecule has 0 aliphatic carbocycles. The van der Waals surface area contributed by atoms with Crippen LogP contribution in [0.25, 0.3) is 0 Å². The van der Waals surface area contributed by atoms with Gasteiger partial charge in [-0.3, -0.25) is 19.7 Å². The molecule has 2 atom stereocenters. The number of ether oxygens (including phenoxy) is 1. The van der Waals surface area contributed by atoms with E-state index in [9.17, 15) is 19.7 Å². The van der Waals surface area contributed by atoms with Crippen LogP contribution in [0.4, 0.5) is 0 Å². The predicted molar refractivity (Wildman–Crippen MR) is 76.9 cm³/mol. The number of halogens is 1. The minimum absolute atomic E-state index is 0.106. The largest absolute Gasteiger partial charge is 0.465 e. The molecule has 0 heterocycles. The lowest BCUT2D eigenvalue weighted by molar-refractivity contribution is -0.484. The first-order valence-corrected chi connectivity index (χ1v) is 6.79. The summed E-state index contributed by atoms with van der Waals surface area (Å²) < 4.78 is 4.86. The third kappa shape index (κ3) is 4.82. The number of hydrogen-bond donors (Lipinski definition) is 0. The van der Waals surface area contributed by atoms with Crippen molar-refractivity contribution in [1.82, 2.24) is 0 Å². The molecule has 1 aromatic carbocycles. The second-order valence-corrected chi connectivity index (χ2v) is 4.95. The lowest BCUT2D eigenvalue weighted by atomic mass is 9.83. The highest BCUT2D eigenvalue weighted by Gasteiger charge is 2.37. The fourth-order valence-electron chi connectivity index (χ4n) is 2.12. The minimum Gasteiger partial charge on any atom is -0.465 e. The Kier molecular flexibility index (Phi) is 6.30. The number of esters is 1. The van der Waals surface area contributed by atoms with Gasteiger partial charge in [0.05, 0.1) is 12.5 Å². The average Bonchev–Trinajstić information content (AvgIpc) is 2.38. The summed E-state index contributed by atoms with van der Waals surface area (Å²) in [5, 5.41) is 11.3. The molecular weight excluding hydrogens is 298 g/mol. The maximum absolute atomic E-state index is 12.0. The topological polar surface area (TPSA) is 86.5 Å². The van der Waals surface area contributed by atoms with E-state index in [1.165, 1.54) is 6.92 Å². The molecule has 2 unspecified atom stereocenters. The third-order valence-electron chi connectivity index (χ3n) is 3.02. The zero-order valence-electron chi connectivity index (χ0n) is 11.7. The quantitative estimate of drug-likeness (QED) is 0.334. The Labute approximate surface area is 127 Å². The Morgan fingerprint density at radius 1 is 1.33 bits per heavy atom. The Hall–Kier alpha value is -1.95. The molecule has 6 nitrogen and oxygen atoms in total. The van der Waals surface area contributed by atoms with E-state index >= 15 is 0 Å². The summed E-state index contributed by atoms with van der Waals surface area (Å²) in [5.41, 5.74) is 0.504. The monoisotopic (exact) mass is 313 g/mol. The molecule has 7 heteroatoms. The van der Waals surface area contributed by atoms with Crippen LogP contribution in [-0.2, 0) is 14.3 Å². The summed E-state index contributed by atoms with van der Waals surface area (Å²) in [5.74, 6) is -3.28. The number of hydrogen-bond acceptors (Lipinski definition) is 5. The van der Waals surface area contributed by atoms with Crippen LogP contribution in [0, 0.1) is 16.0 Å². The summed E-state index contributed by atoms with van der Waals surface area (Å²) >= 11 is 5.78. The number of nitrogens with zero attached hydrogens (tertiary/aromatic N) is 1. The van der Waals surface area contributed by atoms with E-state index in [4.69, 9.17) is 16.3 Å². The van der Waals surface area contributed by atoms with Crippen LogP contribution in [-0.4, -0.2) is 29.8 Å². The van der Waals surface area contributed by atoms with Crippen LogP contribution in [0.1, 0.15) is 25.3 Å². The molecule has 0 N–H and O–H groups in total. The molecule has 0 radical (unpaired) electrons. The van der Waals surface area contributed by atoms with Crippen molar-refractivity contribution in [1.29, 1.82) is 0 Å². The molecule has 21 heavy (non-hydrogen) atoms. The van der Waals surface area contributed by atoms with E-state index in [0.29, 0.717) is 10.6 Å². The summed E-state index contributed by atoms with van der Waals surface area (Å²) in [6.07, 6.45) is 0. The molecular formula is C14H16ClNO5. The van der Waals surface area contributed by atoms with Crippen molar-refractivity contribution < 1.29 is 19.2 Å². The van der Waals surface area contributed by atoms with E-state index in [2.05, 4.69) is 0 Å². The molecule has 1 aromatic rings. The van der Waals surface area contributed by atoms with Crippen molar-refractivity contribution in [2.45, 2.75) is 19.8 Å². The first-order chi connectivity index (χ1) is 9.86. The summed E-state index contributed by atoms with van der Waals surface area (Å²) in [4.78, 5) is 34.1. The van der Waals surface area contributed by atoms with Crippen LogP contribution in [0.15, 0.2) is 24.3 Å². The van der Waals surface area contributed by atoms with Crippen molar-refractivity contribution in [3.63, 3.8) is 0 Å². The number of ketones is 1. The highest BCUT2D eigenvalue weighted by molar-refractivity contribution is 6.30. The van der Waals surface area contributed by atoms with Gasteiger partial charge in [-0.2, -0.15) is 0 Å². The van der Waals surface area contributed by atoms with Crippen LogP contribution >= 0.6 is 11.6 Å². The van der Waals surface area contributed by atoms with Gasteiger partial charge in [-0.1, -0.05) is 23.7 Å². The average molecular weight is 314 g/mol. The maximum atomic E-state index is 12.0. The second-order valence-electron chi connectivity index (χ2n) is 4.51. The lowest BCUT2D eigenvalue weighted by Gasteiger charge is -2.21. The second kappa shape index (κ2) is 7.73. The zero-order valence-corrected chi connectivity index (χ0v) is 12.5. The highest BCUT2D eigenvalue weighted by Crippen LogP contribution is 2.28. The molecule has 0 bridgehead atoms. The van der Waals surface area contributed by atoms with Gasteiger partial charge in [0.2, 0.25) is 6.54 Å². The number of carbonyl (C=O) groups is 2. The van der Waals surface area contributed by atoms with Crippen molar-refractivity contribution in [3.8, 4) is 0 Å². The van der Waals surface area contributed by atoms with Crippen LogP contribution in [0.2, 0.25) is 5.02 Å². The van der Waals surface area contributed by atoms with Gasteiger partial charge in [-0.05, 0) is 31.5 Å². The normalized spacial score (nSPS) is 13.3. The Bertz CT molecular complexity index is 529. The van der Waals surface area contributed by atoms with Crippen molar-refractivity contribution >= 4 is 23.4 Å². The van der Waals surface area contributed by atoms with Crippen LogP contribution in [0.3, 0.4) is 0 Å². The van der Waals surface area contributed by atoms with Crippen molar-refractivity contribution in [3.05, 3.63) is 45.0 Å². The van der Waals surface area contributed by atoms with Gasteiger partial charge >= 0.3 is 5.97 Å². The van der Waals surface area contributed by atoms with Gasteiger partial charge in [-0.25, -0.2) is 0 Å². The van der Waals surface area contributed by atoms with Gasteiger partial charge in [0.15, 0.2) is 0 Å². The number of nitro groups is 1. The van der Waals surface area contributed by atoms with Crippen molar-refractivity contribution in [2.24, 2.45) is 5.92 Å². The first-order valence-electron chi connectivity index (χ1n) is 6.41. The van der Waals surface area contributed by atoms with Crippen molar-refractivity contribution in [2.75, 3.05) is 13.2 Å². The van der Waals surface area contributed by atoms with E-state index < -0.39 is 35.1 Å². The summed E-state index contributed by atoms with van der Waals surface area (Å²) in [6, 6.07) is 6.27. The Morgan fingerprint density at radius 3 is 2.33 bits per heavy atom. The van der Waals surface area contributed by atoms with Gasteiger partial charge in [0, 0.05) is 9.95 Å². The number of Topliss-reactive ketones (excluding diaryl/α,β-unsaturated/α-hetero) is 1. The van der Waals surface area contributed by atoms with Crippen LogP contribution in [0.5, 0.6) is 0 Å². The zero-order chi connectivity index (χ0) is 16.0. The van der Waals surface area contributed by atoms with Crippen LogP contribution < -0.4 is 0 Å². The van der Waals surface area contributed by atoms with E-state index in [-0.39, 0.29) is 6.61 Å². The van der Waals surface area contributed by atoms with E-state index in [1.807, 2.05) is 0 Å². The molecule has 0 aromatic heterocycles. The van der Waals surface area contributed by atoms with Gasteiger partial charge < -0.3 is 4.74 Å². The molecule has 1 rings (SSSR count).